The Morgan fingerprint density at radius 1 is 1.25 bits per heavy atom. The maximum Gasteiger partial charge on any atom is 0.407 e. The van der Waals surface area contributed by atoms with Crippen LogP contribution >= 0.6 is 0 Å². The molecule has 4 aliphatic carbocycles. The normalized spacial score (nSPS) is 26.7. The van der Waals surface area contributed by atoms with Gasteiger partial charge >= 0.3 is 6.09 Å². The molecule has 1 amide bonds. The largest absolute Gasteiger partial charge is 0.497 e. The molecule has 0 saturated heterocycles. The van der Waals surface area contributed by atoms with Gasteiger partial charge in [-0.05, 0) is 56.2 Å². The van der Waals surface area contributed by atoms with Crippen LogP contribution in [0.25, 0.3) is 16.8 Å². The second-order valence-corrected chi connectivity index (χ2v) is 11.1. The first-order chi connectivity index (χ1) is 19.4. The number of aliphatic hydroxyl groups excluding tert-OH is 1. The van der Waals surface area contributed by atoms with Gasteiger partial charge in [0.2, 0.25) is 0 Å². The highest BCUT2D eigenvalue weighted by Crippen LogP contribution is 2.57. The Balaban J connectivity index is 1.09. The maximum atomic E-state index is 15.4. The number of H-pyrrole nitrogens is 1. The van der Waals surface area contributed by atoms with Crippen LogP contribution in [0.5, 0.6) is 5.75 Å². The molecule has 3 atom stereocenters. The van der Waals surface area contributed by atoms with Gasteiger partial charge in [0.1, 0.15) is 23.5 Å². The molecule has 40 heavy (non-hydrogen) atoms. The van der Waals surface area contributed by atoms with E-state index in [0.29, 0.717) is 52.8 Å². The van der Waals surface area contributed by atoms with Crippen LogP contribution in [0.2, 0.25) is 0 Å². The molecule has 8 rings (SSSR count). The maximum absolute atomic E-state index is 15.4. The zero-order valence-corrected chi connectivity index (χ0v) is 21.9. The summed E-state index contributed by atoms with van der Waals surface area (Å²) in [5, 5.41) is 27.5. The number of fused-ring (bicyclic) bond motifs is 1. The summed E-state index contributed by atoms with van der Waals surface area (Å²) in [7, 11) is 1.60. The summed E-state index contributed by atoms with van der Waals surface area (Å²) in [5.74, 6) is 1.88. The van der Waals surface area contributed by atoms with Gasteiger partial charge in [0, 0.05) is 28.8 Å². The number of methoxy groups -OCH3 is 1. The van der Waals surface area contributed by atoms with Crippen molar-refractivity contribution in [1.29, 1.82) is 0 Å². The molecule has 208 valence electrons. The third kappa shape index (κ3) is 4.32. The summed E-state index contributed by atoms with van der Waals surface area (Å²) < 4.78 is 27.9. The zero-order chi connectivity index (χ0) is 27.4. The quantitative estimate of drug-likeness (QED) is 0.257. The van der Waals surface area contributed by atoms with Gasteiger partial charge < -0.3 is 25.2 Å². The lowest BCUT2D eigenvalue weighted by Crippen LogP contribution is -2.68. The van der Waals surface area contributed by atoms with Gasteiger partial charge in [0.25, 0.3) is 0 Å². The number of alkyl halides is 1. The topological polar surface area (TPSA) is 139 Å². The summed E-state index contributed by atoms with van der Waals surface area (Å²) >= 11 is 0. The molecule has 3 heterocycles. The Labute approximate surface area is 229 Å². The first-order valence-corrected chi connectivity index (χ1v) is 13.5. The average Bonchev–Trinajstić information content (AvgIpc) is 3.64. The van der Waals surface area contributed by atoms with Crippen LogP contribution in [0.3, 0.4) is 0 Å². The minimum Gasteiger partial charge on any atom is -0.497 e. The molecule has 4 fully saturated rings. The lowest BCUT2D eigenvalue weighted by atomic mass is 9.50. The van der Waals surface area contributed by atoms with E-state index in [1.54, 1.807) is 30.0 Å². The lowest BCUT2D eigenvalue weighted by molar-refractivity contribution is -0.0532. The molecule has 0 spiro atoms. The van der Waals surface area contributed by atoms with Crippen molar-refractivity contribution in [1.82, 2.24) is 30.1 Å². The third-order valence-corrected chi connectivity index (χ3v) is 8.44. The van der Waals surface area contributed by atoms with Crippen molar-refractivity contribution in [2.45, 2.75) is 62.4 Å². The molecular formula is C28H30FN7O4. The van der Waals surface area contributed by atoms with E-state index in [0.717, 1.165) is 30.7 Å². The average molecular weight is 548 g/mol. The number of halogens is 1. The Morgan fingerprint density at radius 3 is 2.85 bits per heavy atom. The number of ether oxygens (including phenoxy) is 2. The Morgan fingerprint density at radius 2 is 2.10 bits per heavy atom. The van der Waals surface area contributed by atoms with E-state index in [2.05, 4.69) is 25.9 Å². The number of anilines is 2. The summed E-state index contributed by atoms with van der Waals surface area (Å²) in [4.78, 5) is 17.2. The van der Waals surface area contributed by atoms with E-state index in [1.165, 1.54) is 0 Å². The number of aromatic amines is 1. The van der Waals surface area contributed by atoms with Crippen LogP contribution in [0, 0.1) is 5.92 Å². The van der Waals surface area contributed by atoms with Crippen molar-refractivity contribution in [3.05, 3.63) is 54.0 Å². The first-order valence-electron chi connectivity index (χ1n) is 13.5. The van der Waals surface area contributed by atoms with Crippen molar-refractivity contribution < 1.29 is 23.8 Å². The Bertz CT molecular complexity index is 1570. The van der Waals surface area contributed by atoms with E-state index in [9.17, 15) is 9.90 Å². The van der Waals surface area contributed by atoms with Crippen LogP contribution < -0.4 is 15.4 Å². The number of rotatable bonds is 8. The van der Waals surface area contributed by atoms with Gasteiger partial charge in [-0.15, -0.1) is 0 Å². The molecule has 0 unspecified atom stereocenters. The molecule has 3 aromatic heterocycles. The van der Waals surface area contributed by atoms with Crippen LogP contribution in [-0.4, -0.2) is 60.9 Å². The van der Waals surface area contributed by atoms with Gasteiger partial charge in [0.05, 0.1) is 31.3 Å². The van der Waals surface area contributed by atoms with Crippen molar-refractivity contribution >= 4 is 23.2 Å². The number of amides is 1. The molecule has 11 nitrogen and oxygen atoms in total. The van der Waals surface area contributed by atoms with Crippen LogP contribution in [0.4, 0.5) is 20.8 Å². The number of alkyl carbamates (subject to hydrolysis) is 1. The first kappa shape index (κ1) is 24.8. The summed E-state index contributed by atoms with van der Waals surface area (Å²) in [6.45, 7) is -0.218. The number of hydrogen-bond acceptors (Lipinski definition) is 8. The lowest BCUT2D eigenvalue weighted by Gasteiger charge is -2.61. The molecule has 12 heteroatoms. The van der Waals surface area contributed by atoms with Crippen LogP contribution in [0.1, 0.15) is 49.4 Å². The monoisotopic (exact) mass is 547 g/mol. The zero-order valence-electron chi connectivity index (χ0n) is 21.9. The second kappa shape index (κ2) is 9.47. The smallest absolute Gasteiger partial charge is 0.407 e. The highest BCUT2D eigenvalue weighted by atomic mass is 19.1. The molecule has 4 N–H and O–H groups in total. The molecular weight excluding hydrogens is 517 g/mol. The predicted octanol–water partition coefficient (Wildman–Crippen LogP) is 4.23. The number of hydrogen-bond donors (Lipinski definition) is 4. The van der Waals surface area contributed by atoms with Crippen molar-refractivity contribution in [3.8, 4) is 17.0 Å². The second-order valence-electron chi connectivity index (χ2n) is 11.1. The van der Waals surface area contributed by atoms with Crippen molar-refractivity contribution in [2.24, 2.45) is 5.92 Å². The molecule has 4 aromatic rings. The minimum absolute atomic E-state index is 0.105. The Kier molecular flexibility index (Phi) is 5.88. The number of nitrogens with one attached hydrogen (secondary N) is 3. The molecule has 0 radical (unpaired) electrons. The van der Waals surface area contributed by atoms with E-state index in [-0.39, 0.29) is 12.1 Å². The molecule has 4 aliphatic rings. The van der Waals surface area contributed by atoms with E-state index in [1.807, 2.05) is 24.3 Å². The fourth-order valence-electron chi connectivity index (χ4n) is 6.23. The molecule has 0 aliphatic heterocycles. The molecule has 2 bridgehead atoms. The van der Waals surface area contributed by atoms with E-state index < -0.39 is 24.3 Å². The number of aromatic nitrogens is 5. The van der Waals surface area contributed by atoms with Gasteiger partial charge in [0.15, 0.2) is 11.6 Å². The van der Waals surface area contributed by atoms with Gasteiger partial charge in [-0.25, -0.2) is 18.7 Å². The predicted molar refractivity (Wildman–Crippen MR) is 143 cm³/mol. The fraction of sp³-hybridized carbons (Fsp3) is 0.429. The van der Waals surface area contributed by atoms with E-state index in [4.69, 9.17) is 14.5 Å². The Hall–Kier alpha value is -4.19. The minimum atomic E-state index is -1.34. The van der Waals surface area contributed by atoms with Gasteiger partial charge in [-0.2, -0.15) is 10.2 Å². The summed E-state index contributed by atoms with van der Waals surface area (Å²) in [6, 6.07) is 11.0. The van der Waals surface area contributed by atoms with Gasteiger partial charge in [-0.3, -0.25) is 5.10 Å². The SMILES string of the molecule is COc1cccc(-c2cn3nc(CO)cc3c(Nc3cc([C@@H]4CC[C@H](OC(=O)NC56CC(C5)C6)[C@@H]4F)[nH]n3)n2)c1. The van der Waals surface area contributed by atoms with Crippen molar-refractivity contribution in [3.63, 3.8) is 0 Å². The highest BCUT2D eigenvalue weighted by Gasteiger charge is 2.58. The van der Waals surface area contributed by atoms with Gasteiger partial charge in [-0.1, -0.05) is 12.1 Å². The fourth-order valence-corrected chi connectivity index (χ4v) is 6.23. The summed E-state index contributed by atoms with van der Waals surface area (Å²) in [5.41, 5.74) is 3.10. The number of benzene rings is 1. The van der Waals surface area contributed by atoms with Crippen LogP contribution in [0.15, 0.2) is 42.6 Å². The number of carbonyl (C=O) groups excluding carboxylic acids is 1. The number of aliphatic hydroxyl groups is 1. The van der Waals surface area contributed by atoms with Crippen molar-refractivity contribution in [2.75, 3.05) is 12.4 Å². The number of carbonyl (C=O) groups is 1. The van der Waals surface area contributed by atoms with E-state index >= 15 is 4.39 Å². The standard InChI is InChI=1S/C28H30FN7O4/c1-39-18-4-2-3-16(7-18)21-13-36-22(8-17(14-37)35-36)26(30-21)31-24-9-20(33-34-24)19-5-6-23(25(19)29)40-27(38)32-28-10-15(11-28)12-28/h2-4,7-9,13,15,19,23,25,37H,5-6,10-12,14H2,1H3,(H,32,38)(H2,30,31,33,34)/t15?,19-,23-,25+,28?/m0/s1. The van der Waals surface area contributed by atoms with Crippen LogP contribution in [-0.2, 0) is 11.3 Å². The number of nitrogens with zero attached hydrogens (tertiary/aromatic N) is 4. The molecule has 4 saturated carbocycles. The third-order valence-electron chi connectivity index (χ3n) is 8.44. The molecule has 1 aromatic carbocycles. The highest BCUT2D eigenvalue weighted by molar-refractivity contribution is 5.76. The summed E-state index contributed by atoms with van der Waals surface area (Å²) in [6.07, 6.45) is 3.12.